The predicted molar refractivity (Wildman–Crippen MR) is 149 cm³/mol. The summed E-state index contributed by atoms with van der Waals surface area (Å²) in [6.07, 6.45) is 10.0. The lowest BCUT2D eigenvalue weighted by Gasteiger charge is -2.34. The highest BCUT2D eigenvalue weighted by molar-refractivity contribution is 7.93. The molecular weight excluding hydrogens is 538 g/mol. The fourth-order valence-corrected chi connectivity index (χ4v) is 7.26. The zero-order chi connectivity index (χ0) is 27.6. The Hall–Kier alpha value is -3.16. The molecule has 3 aromatic rings. The van der Waals surface area contributed by atoms with E-state index in [9.17, 15) is 13.2 Å². The lowest BCUT2D eigenvalue weighted by molar-refractivity contribution is 0.0999. The fourth-order valence-electron chi connectivity index (χ4n) is 4.95. The summed E-state index contributed by atoms with van der Waals surface area (Å²) in [4.78, 5) is 33.5. The number of thiazole rings is 1. The van der Waals surface area contributed by atoms with E-state index in [1.807, 2.05) is 6.92 Å². The molecule has 2 aliphatic rings. The van der Waals surface area contributed by atoms with Crippen LogP contribution in [0.15, 0.2) is 30.7 Å². The first kappa shape index (κ1) is 27.4. The third-order valence-corrected chi connectivity index (χ3v) is 10.1. The van der Waals surface area contributed by atoms with Crippen LogP contribution in [0.2, 0.25) is 0 Å². The lowest BCUT2D eigenvalue weighted by atomic mass is 9.87. The van der Waals surface area contributed by atoms with Crippen LogP contribution in [0.1, 0.15) is 72.6 Å². The van der Waals surface area contributed by atoms with Crippen LogP contribution in [0.25, 0.3) is 10.6 Å². The Labute approximate surface area is 232 Å². The quantitative estimate of drug-likeness (QED) is 0.352. The molecule has 2 fully saturated rings. The van der Waals surface area contributed by atoms with Crippen LogP contribution in [-0.2, 0) is 10.0 Å². The Morgan fingerprint density at radius 3 is 2.79 bits per heavy atom. The molecular formula is C26H33N7O4S2. The number of sulfonamides is 1. The Balaban J connectivity index is 1.60. The van der Waals surface area contributed by atoms with Gasteiger partial charge in [-0.1, -0.05) is 6.42 Å². The Bertz CT molecular complexity index is 1440. The molecule has 3 N–H and O–H groups in total. The maximum Gasteiger partial charge on any atom is 0.277 e. The van der Waals surface area contributed by atoms with Gasteiger partial charge in [-0.25, -0.2) is 18.4 Å². The predicted octanol–water partition coefficient (Wildman–Crippen LogP) is 3.40. The van der Waals surface area contributed by atoms with Gasteiger partial charge in [-0.05, 0) is 64.8 Å². The highest BCUT2D eigenvalue weighted by Crippen LogP contribution is 2.41. The number of nitrogens with two attached hydrogens (primary N) is 1. The molecule has 0 unspecified atom stereocenters. The molecule has 1 aliphatic carbocycles. The van der Waals surface area contributed by atoms with Crippen LogP contribution < -0.4 is 15.2 Å². The highest BCUT2D eigenvalue weighted by Gasteiger charge is 2.36. The first-order valence-corrected chi connectivity index (χ1v) is 15.5. The minimum absolute atomic E-state index is 0.163. The summed E-state index contributed by atoms with van der Waals surface area (Å²) in [5.74, 6) is -0.611. The molecule has 0 aromatic carbocycles. The van der Waals surface area contributed by atoms with E-state index in [0.717, 1.165) is 37.1 Å². The molecule has 3 aromatic heterocycles. The van der Waals surface area contributed by atoms with Gasteiger partial charge >= 0.3 is 0 Å². The van der Waals surface area contributed by atoms with Crippen LogP contribution in [0.3, 0.4) is 0 Å². The van der Waals surface area contributed by atoms with Crippen molar-refractivity contribution in [3.63, 3.8) is 0 Å². The molecule has 5 rings (SSSR count). The number of anilines is 1. The van der Waals surface area contributed by atoms with Crippen molar-refractivity contribution in [2.45, 2.75) is 62.7 Å². The second kappa shape index (κ2) is 11.5. The van der Waals surface area contributed by atoms with E-state index in [2.05, 4.69) is 31.6 Å². The van der Waals surface area contributed by atoms with Crippen molar-refractivity contribution >= 4 is 33.0 Å². The monoisotopic (exact) mass is 571 g/mol. The number of carbonyl (C=O) groups is 1. The molecule has 1 saturated heterocycles. The zero-order valence-corrected chi connectivity index (χ0v) is 23.7. The number of rotatable bonds is 11. The number of nitrogens with one attached hydrogen (secondary N) is 1. The van der Waals surface area contributed by atoms with Crippen molar-refractivity contribution in [1.82, 2.24) is 24.8 Å². The minimum atomic E-state index is -3.44. The molecule has 1 aliphatic heterocycles. The number of piperidine rings is 1. The molecule has 0 bridgehead atoms. The minimum Gasteiger partial charge on any atom is -0.477 e. The molecule has 208 valence electrons. The number of hydrogen-bond donors (Lipinski definition) is 2. The van der Waals surface area contributed by atoms with E-state index >= 15 is 0 Å². The van der Waals surface area contributed by atoms with Crippen molar-refractivity contribution in [1.29, 1.82) is 0 Å². The number of ether oxygens (including phenoxy) is 1. The molecule has 13 heteroatoms. The van der Waals surface area contributed by atoms with Crippen LogP contribution in [0.4, 0.5) is 5.69 Å². The first-order chi connectivity index (χ1) is 18.7. The SMILES string of the molecule is CCOc1cncc(-c2sc(C(N)=O)nc2[C@H](C[C@H]2CCCCN2C)c2cc(NS(=O)(=O)C3CC3)ccn2)n1. The van der Waals surface area contributed by atoms with Crippen molar-refractivity contribution in [3.8, 4) is 16.5 Å². The van der Waals surface area contributed by atoms with E-state index < -0.39 is 15.9 Å². The van der Waals surface area contributed by atoms with Crippen LogP contribution in [0.5, 0.6) is 5.88 Å². The summed E-state index contributed by atoms with van der Waals surface area (Å²) in [5, 5.41) is -0.184. The van der Waals surface area contributed by atoms with Gasteiger partial charge in [-0.15, -0.1) is 11.3 Å². The van der Waals surface area contributed by atoms with Crippen molar-refractivity contribution in [2.24, 2.45) is 5.73 Å². The Kier molecular flexibility index (Phi) is 8.10. The summed E-state index contributed by atoms with van der Waals surface area (Å²) in [7, 11) is -1.33. The van der Waals surface area contributed by atoms with Crippen molar-refractivity contribution < 1.29 is 17.9 Å². The number of hydrogen-bond acceptors (Lipinski definition) is 10. The maximum absolute atomic E-state index is 12.6. The summed E-state index contributed by atoms with van der Waals surface area (Å²) in [5.41, 5.74) is 7.92. The first-order valence-electron chi connectivity index (χ1n) is 13.2. The van der Waals surface area contributed by atoms with Gasteiger partial charge in [0.1, 0.15) is 5.69 Å². The molecule has 4 heterocycles. The van der Waals surface area contributed by atoms with Gasteiger partial charge in [0.25, 0.3) is 5.91 Å². The molecule has 39 heavy (non-hydrogen) atoms. The zero-order valence-electron chi connectivity index (χ0n) is 22.0. The van der Waals surface area contributed by atoms with E-state index in [0.29, 0.717) is 59.4 Å². The number of nitrogens with zero attached hydrogens (tertiary/aromatic N) is 5. The van der Waals surface area contributed by atoms with Crippen molar-refractivity contribution in [3.05, 3.63) is 47.1 Å². The van der Waals surface area contributed by atoms with E-state index in [1.54, 1.807) is 24.5 Å². The van der Waals surface area contributed by atoms with Gasteiger partial charge < -0.3 is 15.4 Å². The number of likely N-dealkylation sites (tertiary alicyclic amines) is 1. The van der Waals surface area contributed by atoms with Gasteiger partial charge in [-0.2, -0.15) is 0 Å². The average Bonchev–Trinajstić information content (AvgIpc) is 3.68. The largest absolute Gasteiger partial charge is 0.477 e. The van der Waals surface area contributed by atoms with E-state index in [1.165, 1.54) is 6.20 Å². The van der Waals surface area contributed by atoms with E-state index in [4.69, 9.17) is 15.5 Å². The maximum atomic E-state index is 12.6. The number of aromatic nitrogens is 4. The number of amides is 1. The average molecular weight is 572 g/mol. The normalized spacial score (nSPS) is 19.0. The van der Waals surface area contributed by atoms with Crippen LogP contribution in [-0.4, -0.2) is 70.7 Å². The lowest BCUT2D eigenvalue weighted by Crippen LogP contribution is -2.37. The van der Waals surface area contributed by atoms with Gasteiger partial charge in [0.05, 0.1) is 46.2 Å². The van der Waals surface area contributed by atoms with Crippen molar-refractivity contribution in [2.75, 3.05) is 24.9 Å². The van der Waals surface area contributed by atoms with Gasteiger partial charge in [0.15, 0.2) is 5.01 Å². The molecule has 1 amide bonds. The Morgan fingerprint density at radius 2 is 2.08 bits per heavy atom. The van der Waals surface area contributed by atoms with E-state index in [-0.39, 0.29) is 22.2 Å². The second-order valence-corrected chi connectivity index (χ2v) is 13.0. The number of carbonyl (C=O) groups excluding carboxylic acids is 1. The third kappa shape index (κ3) is 6.36. The Morgan fingerprint density at radius 1 is 1.26 bits per heavy atom. The highest BCUT2D eigenvalue weighted by atomic mass is 32.2. The standard InChI is InChI=1S/C26H33N7O4S2/c1-3-37-22-15-28-14-21(30-22)24-23(31-26(38-24)25(27)34)19(13-17-6-4-5-11-33(17)2)20-12-16(9-10-29-20)32-39(35,36)18-7-8-18/h9-10,12,14-15,17-19H,3-8,11,13H2,1-2H3,(H2,27,34)(H,29,32)/t17-,19-/m1/s1. The van der Waals surface area contributed by atoms with Gasteiger partial charge in [-0.3, -0.25) is 19.5 Å². The second-order valence-electron chi connectivity index (χ2n) is 10.0. The summed E-state index contributed by atoms with van der Waals surface area (Å²) in [6.45, 7) is 3.29. The topological polar surface area (TPSA) is 153 Å². The van der Waals surface area contributed by atoms with Gasteiger partial charge in [0, 0.05) is 18.2 Å². The number of primary amides is 1. The van der Waals surface area contributed by atoms with Gasteiger partial charge in [0.2, 0.25) is 15.9 Å². The fraction of sp³-hybridized carbons (Fsp3) is 0.500. The summed E-state index contributed by atoms with van der Waals surface area (Å²) >= 11 is 1.16. The number of pyridine rings is 1. The molecule has 1 saturated carbocycles. The molecule has 11 nitrogen and oxygen atoms in total. The summed E-state index contributed by atoms with van der Waals surface area (Å²) < 4.78 is 33.6. The summed E-state index contributed by atoms with van der Waals surface area (Å²) in [6, 6.07) is 3.67. The molecule has 0 spiro atoms. The molecule has 2 atom stereocenters. The van der Waals surface area contributed by atoms with Crippen LogP contribution >= 0.6 is 11.3 Å². The smallest absolute Gasteiger partial charge is 0.277 e. The third-order valence-electron chi connectivity index (χ3n) is 7.12. The molecule has 0 radical (unpaired) electrons. The van der Waals surface area contributed by atoms with Crippen LogP contribution in [0, 0.1) is 0 Å².